The molecule has 1 amide bonds. The highest BCUT2D eigenvalue weighted by molar-refractivity contribution is 7.15. The maximum atomic E-state index is 12.5. The minimum absolute atomic E-state index is 0.103. The fourth-order valence-corrected chi connectivity index (χ4v) is 6.89. The van der Waals surface area contributed by atoms with Crippen LogP contribution in [0.25, 0.3) is 0 Å². The summed E-state index contributed by atoms with van der Waals surface area (Å²) in [4.78, 5) is 16.5. The number of nitrogens with one attached hydrogen (secondary N) is 1. The summed E-state index contributed by atoms with van der Waals surface area (Å²) in [5, 5.41) is 13.5. The number of nitrogens with zero attached hydrogens (tertiary/aromatic N) is 3. The molecule has 26 heavy (non-hydrogen) atoms. The maximum absolute atomic E-state index is 12.5. The van der Waals surface area contributed by atoms with E-state index in [1.54, 1.807) is 12.1 Å². The van der Waals surface area contributed by atoms with Crippen LogP contribution in [0.3, 0.4) is 0 Å². The molecule has 0 aromatic carbocycles. The van der Waals surface area contributed by atoms with E-state index in [2.05, 4.69) is 20.5 Å². The molecule has 4 aliphatic rings. The summed E-state index contributed by atoms with van der Waals surface area (Å²) in [6.45, 7) is 0. The number of aromatic nitrogens is 3. The van der Waals surface area contributed by atoms with Crippen LogP contribution in [-0.4, -0.2) is 21.1 Å². The van der Waals surface area contributed by atoms with Crippen LogP contribution in [0.2, 0.25) is 10.2 Å². The Balaban J connectivity index is 1.38. The zero-order chi connectivity index (χ0) is 17.9. The number of carbonyl (C=O) groups excluding carboxylic acids is 1. The highest BCUT2D eigenvalue weighted by atomic mass is 35.5. The van der Waals surface area contributed by atoms with Crippen molar-refractivity contribution in [3.8, 4) is 0 Å². The first-order chi connectivity index (χ1) is 12.5. The lowest BCUT2D eigenvalue weighted by Crippen LogP contribution is -2.48. The number of hydrogen-bond acceptors (Lipinski definition) is 5. The lowest BCUT2D eigenvalue weighted by molar-refractivity contribution is -0.00555. The zero-order valence-corrected chi connectivity index (χ0v) is 16.4. The average Bonchev–Trinajstić information content (AvgIpc) is 3.05. The fraction of sp³-hybridized carbons (Fsp3) is 0.556. The first-order valence-corrected chi connectivity index (χ1v) is 10.6. The van der Waals surface area contributed by atoms with Crippen LogP contribution in [-0.2, 0) is 5.41 Å². The average molecular weight is 409 g/mol. The molecule has 136 valence electrons. The largest absolute Gasteiger partial charge is 0.295 e. The second-order valence-corrected chi connectivity index (χ2v) is 9.80. The molecule has 0 saturated heterocycles. The number of rotatable bonds is 3. The van der Waals surface area contributed by atoms with Gasteiger partial charge in [-0.1, -0.05) is 34.5 Å². The van der Waals surface area contributed by atoms with E-state index in [1.165, 1.54) is 49.9 Å². The number of hydrogen-bond donors (Lipinski definition) is 1. The molecule has 0 atom stereocenters. The van der Waals surface area contributed by atoms with Crippen molar-refractivity contribution in [3.63, 3.8) is 0 Å². The van der Waals surface area contributed by atoms with E-state index >= 15 is 0 Å². The van der Waals surface area contributed by atoms with Crippen molar-refractivity contribution in [1.29, 1.82) is 0 Å². The summed E-state index contributed by atoms with van der Waals surface area (Å²) in [5.74, 6) is 2.12. The summed E-state index contributed by atoms with van der Waals surface area (Å²) in [6.07, 6.45) is 7.84. The van der Waals surface area contributed by atoms with Crippen LogP contribution in [0.1, 0.15) is 54.0 Å². The topological polar surface area (TPSA) is 67.8 Å². The van der Waals surface area contributed by atoms with E-state index in [-0.39, 0.29) is 21.3 Å². The van der Waals surface area contributed by atoms with Gasteiger partial charge in [0, 0.05) is 5.41 Å². The fourth-order valence-electron chi connectivity index (χ4n) is 5.59. The van der Waals surface area contributed by atoms with Gasteiger partial charge in [0.2, 0.25) is 5.13 Å². The van der Waals surface area contributed by atoms with Gasteiger partial charge in [-0.15, -0.1) is 10.2 Å². The summed E-state index contributed by atoms with van der Waals surface area (Å²) >= 11 is 13.4. The normalized spacial score (nSPS) is 32.0. The number of anilines is 1. The lowest BCUT2D eigenvalue weighted by Gasteiger charge is -2.55. The van der Waals surface area contributed by atoms with Crippen LogP contribution in [0.5, 0.6) is 0 Å². The molecule has 2 aromatic heterocycles. The zero-order valence-electron chi connectivity index (χ0n) is 14.0. The number of pyridine rings is 1. The minimum Gasteiger partial charge on any atom is -0.295 e. The van der Waals surface area contributed by atoms with Crippen LogP contribution >= 0.6 is 34.5 Å². The Labute approximate surface area is 165 Å². The van der Waals surface area contributed by atoms with E-state index in [4.69, 9.17) is 23.2 Å². The summed E-state index contributed by atoms with van der Waals surface area (Å²) < 4.78 is 0. The van der Waals surface area contributed by atoms with E-state index in [9.17, 15) is 4.79 Å². The van der Waals surface area contributed by atoms with E-state index in [1.807, 2.05) is 0 Å². The number of amides is 1. The Kier molecular flexibility index (Phi) is 3.99. The molecule has 0 spiro atoms. The van der Waals surface area contributed by atoms with Crippen molar-refractivity contribution in [2.75, 3.05) is 5.32 Å². The van der Waals surface area contributed by atoms with Crippen molar-refractivity contribution in [2.24, 2.45) is 17.8 Å². The molecule has 6 rings (SSSR count). The van der Waals surface area contributed by atoms with E-state index < -0.39 is 5.91 Å². The van der Waals surface area contributed by atoms with Gasteiger partial charge in [0.05, 0.1) is 5.02 Å². The molecule has 1 N–H and O–H groups in total. The van der Waals surface area contributed by atoms with E-state index in [0.29, 0.717) is 5.13 Å². The van der Waals surface area contributed by atoms with Gasteiger partial charge in [-0.05, 0) is 68.4 Å². The van der Waals surface area contributed by atoms with Crippen LogP contribution in [0, 0.1) is 17.8 Å². The van der Waals surface area contributed by atoms with Crippen molar-refractivity contribution < 1.29 is 4.79 Å². The Bertz CT molecular complexity index is 849. The van der Waals surface area contributed by atoms with Crippen molar-refractivity contribution in [2.45, 2.75) is 43.9 Å². The molecule has 8 heteroatoms. The van der Waals surface area contributed by atoms with Gasteiger partial charge in [0.1, 0.15) is 15.9 Å². The highest BCUT2D eigenvalue weighted by Crippen LogP contribution is 2.61. The Hall–Kier alpha value is -1.24. The molecule has 0 unspecified atom stereocenters. The predicted molar refractivity (Wildman–Crippen MR) is 102 cm³/mol. The maximum Gasteiger partial charge on any atom is 0.277 e. The molecule has 4 fully saturated rings. The molecule has 2 heterocycles. The molecule has 4 aliphatic carbocycles. The third-order valence-electron chi connectivity index (χ3n) is 6.16. The quantitative estimate of drug-likeness (QED) is 0.728. The number of carbonyl (C=O) groups is 1. The molecule has 2 aromatic rings. The van der Waals surface area contributed by atoms with Crippen molar-refractivity contribution in [3.05, 3.63) is 33.0 Å². The number of halogens is 2. The highest BCUT2D eigenvalue weighted by Gasteiger charge is 2.53. The molecular formula is C18H18Cl2N4OS. The molecule has 0 radical (unpaired) electrons. The summed E-state index contributed by atoms with van der Waals surface area (Å²) in [5.41, 5.74) is 0.284. The first kappa shape index (κ1) is 16.9. The predicted octanol–water partition coefficient (Wildman–Crippen LogP) is 4.96. The third-order valence-corrected chi connectivity index (χ3v) is 7.77. The SMILES string of the molecule is O=C(Nc1nnc(C23CC4CC(CC(C4)C2)C3)s1)c1nc(Cl)ccc1Cl. The van der Waals surface area contributed by atoms with Gasteiger partial charge >= 0.3 is 0 Å². The molecule has 5 nitrogen and oxygen atoms in total. The summed E-state index contributed by atoms with van der Waals surface area (Å²) in [6, 6.07) is 3.11. The lowest BCUT2D eigenvalue weighted by atomic mass is 9.50. The van der Waals surface area contributed by atoms with Gasteiger partial charge < -0.3 is 0 Å². The molecule has 4 bridgehead atoms. The van der Waals surface area contributed by atoms with Crippen LogP contribution in [0.15, 0.2) is 12.1 Å². The molecule has 0 aliphatic heterocycles. The second kappa shape index (κ2) is 6.14. The Morgan fingerprint density at radius 2 is 1.73 bits per heavy atom. The van der Waals surface area contributed by atoms with Gasteiger partial charge in [-0.25, -0.2) is 4.98 Å². The van der Waals surface area contributed by atoms with Crippen molar-refractivity contribution in [1.82, 2.24) is 15.2 Å². The smallest absolute Gasteiger partial charge is 0.277 e. The summed E-state index contributed by atoms with van der Waals surface area (Å²) in [7, 11) is 0. The first-order valence-electron chi connectivity index (χ1n) is 8.98. The van der Waals surface area contributed by atoms with Gasteiger partial charge in [0.25, 0.3) is 5.91 Å². The minimum atomic E-state index is -0.411. The monoisotopic (exact) mass is 408 g/mol. The molecular weight excluding hydrogens is 391 g/mol. The van der Waals surface area contributed by atoms with Crippen LogP contribution in [0.4, 0.5) is 5.13 Å². The van der Waals surface area contributed by atoms with Gasteiger partial charge in [0.15, 0.2) is 0 Å². The second-order valence-electron chi connectivity index (χ2n) is 8.03. The standard InChI is InChI=1S/C18H18Cl2N4OS/c19-12-1-2-13(20)21-14(12)15(25)22-17-24-23-16(26-17)18-6-9-3-10(7-18)5-11(4-9)8-18/h1-2,9-11H,3-8H2,(H,22,24,25). The van der Waals surface area contributed by atoms with Crippen LogP contribution < -0.4 is 5.32 Å². The van der Waals surface area contributed by atoms with E-state index in [0.717, 1.165) is 22.8 Å². The Morgan fingerprint density at radius 1 is 1.08 bits per heavy atom. The van der Waals surface area contributed by atoms with Gasteiger partial charge in [-0.2, -0.15) is 0 Å². The van der Waals surface area contributed by atoms with Crippen molar-refractivity contribution >= 4 is 45.6 Å². The Morgan fingerprint density at radius 3 is 2.38 bits per heavy atom. The molecule has 4 saturated carbocycles. The van der Waals surface area contributed by atoms with Gasteiger partial charge in [-0.3, -0.25) is 10.1 Å². The third kappa shape index (κ3) is 2.83.